The lowest BCUT2D eigenvalue weighted by Gasteiger charge is -2.48. The molecule has 0 aliphatic carbocycles. The Balaban J connectivity index is 1.75. The normalized spacial score (nSPS) is 21.6. The highest BCUT2D eigenvalue weighted by molar-refractivity contribution is 5.54. The zero-order valence-electron chi connectivity index (χ0n) is 13.8. The Kier molecular flexibility index (Phi) is 5.16. The number of aryl methyl sites for hydroxylation is 1. The molecule has 0 atom stereocenters. The molecule has 23 heavy (non-hydrogen) atoms. The summed E-state index contributed by atoms with van der Waals surface area (Å²) < 4.78 is 11.1. The Morgan fingerprint density at radius 2 is 1.96 bits per heavy atom. The van der Waals surface area contributed by atoms with Gasteiger partial charge in [-0.15, -0.1) is 6.42 Å². The van der Waals surface area contributed by atoms with E-state index in [-0.39, 0.29) is 5.54 Å². The van der Waals surface area contributed by atoms with Crippen molar-refractivity contribution in [2.24, 2.45) is 0 Å². The van der Waals surface area contributed by atoms with Crippen molar-refractivity contribution in [2.45, 2.75) is 25.3 Å². The molecular formula is C18H25N3O2. The van der Waals surface area contributed by atoms with Gasteiger partial charge in [-0.2, -0.15) is 0 Å². The largest absolute Gasteiger partial charge is 0.381 e. The van der Waals surface area contributed by atoms with Crippen LogP contribution in [0.3, 0.4) is 0 Å². The van der Waals surface area contributed by atoms with E-state index in [1.807, 2.05) is 19.2 Å². The lowest BCUT2D eigenvalue weighted by Crippen LogP contribution is -2.59. The predicted octanol–water partition coefficient (Wildman–Crippen LogP) is 1.66. The summed E-state index contributed by atoms with van der Waals surface area (Å²) in [6.45, 7) is 8.02. The van der Waals surface area contributed by atoms with E-state index < -0.39 is 0 Å². The van der Waals surface area contributed by atoms with Crippen molar-refractivity contribution in [1.29, 1.82) is 0 Å². The molecule has 3 rings (SSSR count). The third-order valence-corrected chi connectivity index (χ3v) is 4.87. The van der Waals surface area contributed by atoms with Crippen molar-refractivity contribution in [1.82, 2.24) is 9.88 Å². The van der Waals surface area contributed by atoms with Crippen LogP contribution in [0.25, 0.3) is 0 Å². The van der Waals surface area contributed by atoms with E-state index in [9.17, 15) is 0 Å². The molecule has 1 aromatic rings. The molecule has 3 heterocycles. The zero-order valence-corrected chi connectivity index (χ0v) is 13.8. The molecule has 0 radical (unpaired) electrons. The van der Waals surface area contributed by atoms with Gasteiger partial charge in [0.25, 0.3) is 0 Å². The molecule has 124 valence electrons. The summed E-state index contributed by atoms with van der Waals surface area (Å²) in [6, 6.07) is 2.00. The number of morpholine rings is 1. The van der Waals surface area contributed by atoms with Gasteiger partial charge < -0.3 is 14.8 Å². The fraction of sp³-hybridized carbons (Fsp3) is 0.611. The van der Waals surface area contributed by atoms with Gasteiger partial charge in [-0.25, -0.2) is 4.98 Å². The van der Waals surface area contributed by atoms with E-state index in [1.54, 1.807) is 0 Å². The molecule has 0 saturated carbocycles. The Bertz CT molecular complexity index is 570. The average Bonchev–Trinajstić information content (AvgIpc) is 2.62. The third-order valence-electron chi connectivity index (χ3n) is 4.87. The van der Waals surface area contributed by atoms with E-state index >= 15 is 0 Å². The number of nitrogens with zero attached hydrogens (tertiary/aromatic N) is 2. The number of nitrogens with one attached hydrogen (secondary N) is 1. The standard InChI is InChI=1S/C18H25N3O2/c1-3-16-12-15(2)13-19-17(16)20-14-18(4-8-22-9-5-18)21-6-10-23-11-7-21/h1,12-13H,4-11,14H2,2H3,(H,19,20). The van der Waals surface area contributed by atoms with Crippen LogP contribution in [-0.4, -0.2) is 61.5 Å². The number of terminal acetylenes is 1. The third kappa shape index (κ3) is 3.66. The second kappa shape index (κ2) is 7.31. The zero-order chi connectivity index (χ0) is 16.1. The van der Waals surface area contributed by atoms with Crippen LogP contribution in [0.5, 0.6) is 0 Å². The van der Waals surface area contributed by atoms with Crippen LogP contribution >= 0.6 is 0 Å². The van der Waals surface area contributed by atoms with Gasteiger partial charge in [-0.1, -0.05) is 5.92 Å². The summed E-state index contributed by atoms with van der Waals surface area (Å²) in [4.78, 5) is 7.03. The average molecular weight is 315 g/mol. The number of rotatable bonds is 4. The monoisotopic (exact) mass is 315 g/mol. The van der Waals surface area contributed by atoms with Crippen molar-refractivity contribution >= 4 is 5.82 Å². The first-order valence-corrected chi connectivity index (χ1v) is 8.31. The van der Waals surface area contributed by atoms with Crippen molar-refractivity contribution < 1.29 is 9.47 Å². The predicted molar refractivity (Wildman–Crippen MR) is 90.6 cm³/mol. The molecular weight excluding hydrogens is 290 g/mol. The van der Waals surface area contributed by atoms with Crippen LogP contribution in [-0.2, 0) is 9.47 Å². The molecule has 2 fully saturated rings. The molecule has 0 unspecified atom stereocenters. The maximum absolute atomic E-state index is 5.63. The second-order valence-corrected chi connectivity index (χ2v) is 6.34. The minimum atomic E-state index is 0.0977. The smallest absolute Gasteiger partial charge is 0.141 e. The van der Waals surface area contributed by atoms with Crippen molar-refractivity contribution in [3.05, 3.63) is 23.4 Å². The first kappa shape index (κ1) is 16.3. The Morgan fingerprint density at radius 1 is 1.26 bits per heavy atom. The highest BCUT2D eigenvalue weighted by Gasteiger charge is 2.39. The Labute approximate surface area is 138 Å². The first-order chi connectivity index (χ1) is 11.2. The topological polar surface area (TPSA) is 46.6 Å². The van der Waals surface area contributed by atoms with Gasteiger partial charge in [-0.3, -0.25) is 4.90 Å². The summed E-state index contributed by atoms with van der Waals surface area (Å²) >= 11 is 0. The quantitative estimate of drug-likeness (QED) is 0.857. The molecule has 0 amide bonds. The number of hydrogen-bond donors (Lipinski definition) is 1. The van der Waals surface area contributed by atoms with Crippen LogP contribution in [0.15, 0.2) is 12.3 Å². The minimum Gasteiger partial charge on any atom is -0.381 e. The fourth-order valence-electron chi connectivity index (χ4n) is 3.46. The highest BCUT2D eigenvalue weighted by atomic mass is 16.5. The summed E-state index contributed by atoms with van der Waals surface area (Å²) in [6.07, 6.45) is 9.53. The highest BCUT2D eigenvalue weighted by Crippen LogP contribution is 2.29. The van der Waals surface area contributed by atoms with Crippen molar-refractivity contribution in [3.63, 3.8) is 0 Å². The lowest BCUT2D eigenvalue weighted by molar-refractivity contribution is -0.0653. The molecule has 2 aliphatic heterocycles. The van der Waals surface area contributed by atoms with Crippen molar-refractivity contribution in [3.8, 4) is 12.3 Å². The number of pyridine rings is 1. The molecule has 1 aromatic heterocycles. The van der Waals surface area contributed by atoms with Crippen LogP contribution in [0.2, 0.25) is 0 Å². The van der Waals surface area contributed by atoms with Crippen LogP contribution < -0.4 is 5.32 Å². The molecule has 0 spiro atoms. The molecule has 0 bridgehead atoms. The molecule has 0 aromatic carbocycles. The molecule has 5 nitrogen and oxygen atoms in total. The first-order valence-electron chi connectivity index (χ1n) is 8.31. The summed E-state index contributed by atoms with van der Waals surface area (Å²) in [5, 5.41) is 3.51. The second-order valence-electron chi connectivity index (χ2n) is 6.34. The van der Waals surface area contributed by atoms with Gasteiger partial charge in [0.1, 0.15) is 5.82 Å². The fourth-order valence-corrected chi connectivity index (χ4v) is 3.46. The van der Waals surface area contributed by atoms with E-state index in [1.165, 1.54) is 0 Å². The Hall–Kier alpha value is -1.61. The van der Waals surface area contributed by atoms with Crippen molar-refractivity contribution in [2.75, 3.05) is 51.4 Å². The number of anilines is 1. The molecule has 1 N–H and O–H groups in total. The Morgan fingerprint density at radius 3 is 2.65 bits per heavy atom. The maximum Gasteiger partial charge on any atom is 0.141 e. The van der Waals surface area contributed by atoms with Gasteiger partial charge in [0, 0.05) is 44.6 Å². The van der Waals surface area contributed by atoms with E-state index in [2.05, 4.69) is 21.1 Å². The molecule has 2 saturated heterocycles. The summed E-state index contributed by atoms with van der Waals surface area (Å²) in [5.41, 5.74) is 2.01. The van der Waals surface area contributed by atoms with Crippen LogP contribution in [0, 0.1) is 19.3 Å². The van der Waals surface area contributed by atoms with E-state index in [0.717, 1.165) is 75.8 Å². The van der Waals surface area contributed by atoms with Crippen LogP contribution in [0.1, 0.15) is 24.0 Å². The van der Waals surface area contributed by atoms with Crippen LogP contribution in [0.4, 0.5) is 5.82 Å². The summed E-state index contributed by atoms with van der Waals surface area (Å²) in [5.74, 6) is 3.54. The number of aromatic nitrogens is 1. The summed E-state index contributed by atoms with van der Waals surface area (Å²) in [7, 11) is 0. The lowest BCUT2D eigenvalue weighted by atomic mass is 9.87. The van der Waals surface area contributed by atoms with Gasteiger partial charge in [0.2, 0.25) is 0 Å². The molecule has 5 heteroatoms. The number of hydrogen-bond acceptors (Lipinski definition) is 5. The van der Waals surface area contributed by atoms with Gasteiger partial charge in [0.15, 0.2) is 0 Å². The van der Waals surface area contributed by atoms with E-state index in [0.29, 0.717) is 0 Å². The molecule has 2 aliphatic rings. The van der Waals surface area contributed by atoms with E-state index in [4.69, 9.17) is 15.9 Å². The van der Waals surface area contributed by atoms with Gasteiger partial charge in [0.05, 0.1) is 18.8 Å². The maximum atomic E-state index is 5.63. The minimum absolute atomic E-state index is 0.0977. The SMILES string of the molecule is C#Cc1cc(C)cnc1NCC1(N2CCOCC2)CCOCC1. The van der Waals surface area contributed by atoms with Gasteiger partial charge >= 0.3 is 0 Å². The number of ether oxygens (including phenoxy) is 2. The van der Waals surface area contributed by atoms with Gasteiger partial charge in [-0.05, 0) is 31.4 Å².